The lowest BCUT2D eigenvalue weighted by molar-refractivity contribution is 0.0296. The number of rotatable bonds is 6. The lowest BCUT2D eigenvalue weighted by atomic mass is 9.82. The number of fused-ring (bicyclic) bond motifs is 1. The first-order valence-corrected chi connectivity index (χ1v) is 9.81. The second kappa shape index (κ2) is 10.2. The Balaban J connectivity index is 0.00000243. The molecule has 2 fully saturated rings. The fourth-order valence-corrected chi connectivity index (χ4v) is 4.24. The van der Waals surface area contributed by atoms with Gasteiger partial charge in [-0.3, -0.25) is 0 Å². The number of carbonyl (C=O) groups is 1. The molecule has 0 aliphatic carbocycles. The quantitative estimate of drug-likeness (QED) is 0.669. The van der Waals surface area contributed by atoms with E-state index in [4.69, 9.17) is 9.47 Å². The highest BCUT2D eigenvalue weighted by atomic mass is 35.5. The zero-order valence-corrected chi connectivity index (χ0v) is 16.8. The molecule has 26 heavy (non-hydrogen) atoms. The molecule has 0 saturated carbocycles. The van der Waals surface area contributed by atoms with E-state index in [0.29, 0.717) is 24.1 Å². The standard InChI is InChI=1S/C21H31NO3.ClH/c1-16(2)25-19-10-8-18(9-11-19)21(23)24-15-12-17-6-5-14-22-13-4-3-7-20(17)22;/h8-11,16-17,20H,3-7,12-15H2,1-2H3;1H/t17-,20?;/m0./s1. The van der Waals surface area contributed by atoms with Crippen LogP contribution in [0.25, 0.3) is 0 Å². The predicted octanol–water partition coefficient (Wildman–Crippen LogP) is 4.71. The number of benzene rings is 1. The largest absolute Gasteiger partial charge is 0.491 e. The van der Waals surface area contributed by atoms with Crippen molar-refractivity contribution in [2.45, 2.75) is 64.5 Å². The maximum atomic E-state index is 12.2. The van der Waals surface area contributed by atoms with Crippen LogP contribution in [0.5, 0.6) is 5.75 Å². The normalized spacial score (nSPS) is 23.0. The Morgan fingerprint density at radius 3 is 2.58 bits per heavy atom. The molecule has 0 spiro atoms. The molecule has 2 aliphatic rings. The average Bonchev–Trinajstić information content (AvgIpc) is 2.62. The highest BCUT2D eigenvalue weighted by molar-refractivity contribution is 5.89. The van der Waals surface area contributed by atoms with E-state index in [1.165, 1.54) is 45.2 Å². The lowest BCUT2D eigenvalue weighted by Crippen LogP contribution is -2.48. The Kier molecular flexibility index (Phi) is 8.23. The highest BCUT2D eigenvalue weighted by Crippen LogP contribution is 2.32. The molecule has 0 N–H and O–H groups in total. The van der Waals surface area contributed by atoms with E-state index in [-0.39, 0.29) is 24.5 Å². The van der Waals surface area contributed by atoms with Gasteiger partial charge in [0.2, 0.25) is 0 Å². The van der Waals surface area contributed by atoms with Gasteiger partial charge in [-0.25, -0.2) is 4.79 Å². The Bertz CT molecular complexity index is 559. The molecule has 2 atom stereocenters. The van der Waals surface area contributed by atoms with Crippen LogP contribution in [0.1, 0.15) is 62.7 Å². The van der Waals surface area contributed by atoms with Crippen molar-refractivity contribution < 1.29 is 14.3 Å². The summed E-state index contributed by atoms with van der Waals surface area (Å²) in [5.74, 6) is 1.24. The van der Waals surface area contributed by atoms with Crippen LogP contribution in [0.4, 0.5) is 0 Å². The zero-order chi connectivity index (χ0) is 17.6. The summed E-state index contributed by atoms with van der Waals surface area (Å²) in [4.78, 5) is 14.9. The lowest BCUT2D eigenvalue weighted by Gasteiger charge is -2.44. The van der Waals surface area contributed by atoms with E-state index in [0.717, 1.165) is 12.2 Å². The highest BCUT2D eigenvalue weighted by Gasteiger charge is 2.32. The predicted molar refractivity (Wildman–Crippen MR) is 106 cm³/mol. The summed E-state index contributed by atoms with van der Waals surface area (Å²) in [5, 5.41) is 0. The number of ether oxygens (including phenoxy) is 2. The first kappa shape index (κ1) is 21.0. The molecule has 2 aliphatic heterocycles. The van der Waals surface area contributed by atoms with Gasteiger partial charge >= 0.3 is 5.97 Å². The summed E-state index contributed by atoms with van der Waals surface area (Å²) in [6.45, 7) is 7.01. The maximum Gasteiger partial charge on any atom is 0.338 e. The van der Waals surface area contributed by atoms with Crippen molar-refractivity contribution in [1.29, 1.82) is 0 Å². The summed E-state index contributed by atoms with van der Waals surface area (Å²) < 4.78 is 11.1. The topological polar surface area (TPSA) is 38.8 Å². The van der Waals surface area contributed by atoms with Gasteiger partial charge in [0.15, 0.2) is 0 Å². The van der Waals surface area contributed by atoms with Gasteiger partial charge in [-0.1, -0.05) is 6.42 Å². The fraction of sp³-hybridized carbons (Fsp3) is 0.667. The molecule has 1 unspecified atom stereocenters. The van der Waals surface area contributed by atoms with Crippen molar-refractivity contribution in [3.05, 3.63) is 29.8 Å². The molecule has 1 aromatic carbocycles. The fourth-order valence-electron chi connectivity index (χ4n) is 4.24. The summed E-state index contributed by atoms with van der Waals surface area (Å²) >= 11 is 0. The number of hydrogen-bond donors (Lipinski definition) is 0. The first-order chi connectivity index (χ1) is 12.1. The van der Waals surface area contributed by atoms with E-state index in [9.17, 15) is 4.79 Å². The van der Waals surface area contributed by atoms with E-state index in [1.54, 1.807) is 12.1 Å². The third-order valence-electron chi connectivity index (χ3n) is 5.41. The van der Waals surface area contributed by atoms with Crippen LogP contribution in [0.3, 0.4) is 0 Å². The molecule has 2 saturated heterocycles. The summed E-state index contributed by atoms with van der Waals surface area (Å²) in [6.07, 6.45) is 7.69. The number of halogens is 1. The smallest absolute Gasteiger partial charge is 0.338 e. The SMILES string of the molecule is CC(C)Oc1ccc(C(=O)OCC[C@@H]2CCCN3CCCCC23)cc1.Cl. The number of carbonyl (C=O) groups excluding carboxylic acids is 1. The zero-order valence-electron chi connectivity index (χ0n) is 16.0. The van der Waals surface area contributed by atoms with Crippen molar-refractivity contribution >= 4 is 18.4 Å². The van der Waals surface area contributed by atoms with E-state index in [1.807, 2.05) is 26.0 Å². The van der Waals surface area contributed by atoms with Crippen LogP contribution in [0, 0.1) is 5.92 Å². The van der Waals surface area contributed by atoms with Crippen molar-refractivity contribution in [3.63, 3.8) is 0 Å². The second-order valence-corrected chi connectivity index (χ2v) is 7.62. The third kappa shape index (κ3) is 5.62. The van der Waals surface area contributed by atoms with E-state index >= 15 is 0 Å². The van der Waals surface area contributed by atoms with Gasteiger partial charge in [-0.2, -0.15) is 0 Å². The Hall–Kier alpha value is -1.26. The minimum absolute atomic E-state index is 0. The van der Waals surface area contributed by atoms with Crippen LogP contribution < -0.4 is 4.74 Å². The van der Waals surface area contributed by atoms with Crippen LogP contribution in [0.2, 0.25) is 0 Å². The van der Waals surface area contributed by atoms with Crippen molar-refractivity contribution in [2.75, 3.05) is 19.7 Å². The van der Waals surface area contributed by atoms with Gasteiger partial charge < -0.3 is 14.4 Å². The van der Waals surface area contributed by atoms with Crippen molar-refractivity contribution in [3.8, 4) is 5.75 Å². The molecule has 0 bridgehead atoms. The molecule has 0 aromatic heterocycles. The molecule has 5 heteroatoms. The average molecular weight is 382 g/mol. The van der Waals surface area contributed by atoms with Gasteiger partial charge in [-0.15, -0.1) is 12.4 Å². The number of nitrogens with zero attached hydrogens (tertiary/aromatic N) is 1. The van der Waals surface area contributed by atoms with Crippen LogP contribution >= 0.6 is 12.4 Å². The van der Waals surface area contributed by atoms with Gasteiger partial charge in [0, 0.05) is 6.04 Å². The number of hydrogen-bond acceptors (Lipinski definition) is 4. The van der Waals surface area contributed by atoms with Crippen LogP contribution in [0.15, 0.2) is 24.3 Å². The number of piperidine rings is 2. The monoisotopic (exact) mass is 381 g/mol. The van der Waals surface area contributed by atoms with E-state index in [2.05, 4.69) is 4.90 Å². The first-order valence-electron chi connectivity index (χ1n) is 9.81. The third-order valence-corrected chi connectivity index (χ3v) is 5.41. The Morgan fingerprint density at radius 2 is 1.85 bits per heavy atom. The molecule has 146 valence electrons. The van der Waals surface area contributed by atoms with Crippen LogP contribution in [-0.2, 0) is 4.74 Å². The molecular weight excluding hydrogens is 350 g/mol. The van der Waals surface area contributed by atoms with E-state index < -0.39 is 0 Å². The summed E-state index contributed by atoms with van der Waals surface area (Å²) in [6, 6.07) is 7.94. The summed E-state index contributed by atoms with van der Waals surface area (Å²) in [5.41, 5.74) is 0.596. The minimum atomic E-state index is -0.229. The van der Waals surface area contributed by atoms with Crippen LogP contribution in [-0.4, -0.2) is 42.7 Å². The summed E-state index contributed by atoms with van der Waals surface area (Å²) in [7, 11) is 0. The van der Waals surface area contributed by atoms with Crippen molar-refractivity contribution in [2.24, 2.45) is 5.92 Å². The van der Waals surface area contributed by atoms with Gasteiger partial charge in [-0.05, 0) is 89.2 Å². The van der Waals surface area contributed by atoms with Crippen molar-refractivity contribution in [1.82, 2.24) is 4.90 Å². The molecule has 2 heterocycles. The molecule has 0 amide bonds. The van der Waals surface area contributed by atoms with Gasteiger partial charge in [0.05, 0.1) is 18.3 Å². The second-order valence-electron chi connectivity index (χ2n) is 7.62. The molecule has 0 radical (unpaired) electrons. The Morgan fingerprint density at radius 1 is 1.12 bits per heavy atom. The molecule has 1 aromatic rings. The minimum Gasteiger partial charge on any atom is -0.491 e. The molecule has 4 nitrogen and oxygen atoms in total. The Labute approximate surface area is 163 Å². The van der Waals surface area contributed by atoms with Gasteiger partial charge in [0.25, 0.3) is 0 Å². The molecular formula is C21H32ClNO3. The van der Waals surface area contributed by atoms with Gasteiger partial charge in [0.1, 0.15) is 5.75 Å². The number of esters is 1. The molecule has 3 rings (SSSR count). The maximum absolute atomic E-state index is 12.2.